The molecule has 0 amide bonds. The molecule has 1 atom stereocenters. The first kappa shape index (κ1) is 18.3. The van der Waals surface area contributed by atoms with Crippen LogP contribution >= 0.6 is 0 Å². The average molecular weight is 379 g/mol. The third-order valence-electron chi connectivity index (χ3n) is 5.22. The monoisotopic (exact) mass is 379 g/mol. The maximum Gasteiger partial charge on any atom is 0.332 e. The number of allylic oxidation sites excluding steroid dienone is 1. The van der Waals surface area contributed by atoms with Gasteiger partial charge in [0.15, 0.2) is 11.2 Å². The second-order valence-electron chi connectivity index (χ2n) is 7.94. The third kappa shape index (κ3) is 2.78. The Hall–Kier alpha value is -3.09. The second-order valence-corrected chi connectivity index (χ2v) is 7.94. The fraction of sp³-hybridized carbons (Fsp3) is 0.381. The van der Waals surface area contributed by atoms with Crippen LogP contribution in [0.5, 0.6) is 0 Å². The molecule has 1 aromatic carbocycles. The lowest BCUT2D eigenvalue weighted by Gasteiger charge is -2.33. The summed E-state index contributed by atoms with van der Waals surface area (Å²) in [5.41, 5.74) is 3.19. The summed E-state index contributed by atoms with van der Waals surface area (Å²) in [6.45, 7) is 11.6. The number of imidazole rings is 1. The molecule has 0 aliphatic carbocycles. The first-order valence-corrected chi connectivity index (χ1v) is 9.46. The summed E-state index contributed by atoms with van der Waals surface area (Å²) in [5.74, 6) is 1.04. The summed E-state index contributed by atoms with van der Waals surface area (Å²) in [4.78, 5) is 32.8. The largest absolute Gasteiger partial charge is 0.332 e. The molecule has 0 saturated carbocycles. The highest BCUT2D eigenvalue weighted by molar-refractivity contribution is 5.77. The van der Waals surface area contributed by atoms with Crippen LogP contribution in [-0.4, -0.2) is 25.2 Å². The maximum absolute atomic E-state index is 13.2. The minimum atomic E-state index is -0.370. The molecule has 4 rings (SSSR count). The highest BCUT2D eigenvalue weighted by Gasteiger charge is 2.29. The van der Waals surface area contributed by atoms with Gasteiger partial charge in [-0.05, 0) is 31.9 Å². The number of fused-ring (bicyclic) bond motifs is 3. The van der Waals surface area contributed by atoms with Crippen molar-refractivity contribution in [3.63, 3.8) is 0 Å². The van der Waals surface area contributed by atoms with Crippen LogP contribution in [0.25, 0.3) is 11.2 Å². The summed E-state index contributed by atoms with van der Waals surface area (Å²) in [5, 5.41) is 0. The van der Waals surface area contributed by atoms with E-state index < -0.39 is 0 Å². The van der Waals surface area contributed by atoms with Gasteiger partial charge >= 0.3 is 5.69 Å². The number of hydrogen-bond donors (Lipinski definition) is 0. The van der Waals surface area contributed by atoms with Crippen molar-refractivity contribution in [1.29, 1.82) is 0 Å². The molecular weight excluding hydrogens is 354 g/mol. The number of aryl methyl sites for hydroxylation is 2. The van der Waals surface area contributed by atoms with Crippen molar-refractivity contribution in [3.05, 3.63) is 62.8 Å². The topological polar surface area (TPSA) is 65.1 Å². The average Bonchev–Trinajstić information content (AvgIpc) is 3.03. The molecule has 0 unspecified atom stereocenters. The number of hydrogen-bond acceptors (Lipinski definition) is 4. The van der Waals surface area contributed by atoms with Crippen LogP contribution in [0.4, 0.5) is 11.6 Å². The van der Waals surface area contributed by atoms with Crippen molar-refractivity contribution in [3.8, 4) is 0 Å². The zero-order chi connectivity index (χ0) is 20.2. The van der Waals surface area contributed by atoms with Crippen LogP contribution in [-0.2, 0) is 20.1 Å². The van der Waals surface area contributed by atoms with Crippen LogP contribution in [0, 0.1) is 12.8 Å². The second kappa shape index (κ2) is 6.51. The smallest absolute Gasteiger partial charge is 0.312 e. The van der Waals surface area contributed by atoms with Gasteiger partial charge in [-0.2, -0.15) is 4.98 Å². The highest BCUT2D eigenvalue weighted by Crippen LogP contribution is 2.32. The molecule has 146 valence electrons. The lowest BCUT2D eigenvalue weighted by Crippen LogP contribution is -2.40. The van der Waals surface area contributed by atoms with Gasteiger partial charge in [-0.3, -0.25) is 13.9 Å². The molecule has 3 heterocycles. The van der Waals surface area contributed by atoms with Gasteiger partial charge in [0.05, 0.1) is 6.54 Å². The molecule has 28 heavy (non-hydrogen) atoms. The van der Waals surface area contributed by atoms with Gasteiger partial charge in [-0.15, -0.1) is 0 Å². The first-order chi connectivity index (χ1) is 13.3. The van der Waals surface area contributed by atoms with Crippen molar-refractivity contribution in [2.75, 3.05) is 11.4 Å². The zero-order valence-electron chi connectivity index (χ0n) is 16.8. The Kier molecular flexibility index (Phi) is 4.25. The van der Waals surface area contributed by atoms with Crippen LogP contribution in [0.15, 0.2) is 46.0 Å². The first-order valence-electron chi connectivity index (χ1n) is 9.46. The molecule has 7 nitrogen and oxygen atoms in total. The molecule has 1 aliphatic heterocycles. The fourth-order valence-corrected chi connectivity index (χ4v) is 3.86. The Labute approximate surface area is 163 Å². The quantitative estimate of drug-likeness (QED) is 0.656. The van der Waals surface area contributed by atoms with E-state index in [1.807, 2.05) is 11.5 Å². The molecule has 2 aromatic heterocycles. The van der Waals surface area contributed by atoms with Gasteiger partial charge in [0, 0.05) is 25.8 Å². The number of nitrogens with zero attached hydrogens (tertiary/aromatic N) is 5. The number of benzene rings is 1. The van der Waals surface area contributed by atoms with Gasteiger partial charge in [0.1, 0.15) is 0 Å². The Morgan fingerprint density at radius 3 is 2.54 bits per heavy atom. The number of rotatable bonds is 3. The van der Waals surface area contributed by atoms with Gasteiger partial charge in [-0.1, -0.05) is 36.8 Å². The van der Waals surface area contributed by atoms with Crippen LogP contribution in [0.2, 0.25) is 0 Å². The minimum absolute atomic E-state index is 0.208. The molecule has 7 heteroatoms. The highest BCUT2D eigenvalue weighted by atomic mass is 16.2. The van der Waals surface area contributed by atoms with E-state index in [9.17, 15) is 9.59 Å². The van der Waals surface area contributed by atoms with Crippen molar-refractivity contribution in [2.24, 2.45) is 13.0 Å². The van der Waals surface area contributed by atoms with E-state index in [4.69, 9.17) is 4.98 Å². The normalized spacial score (nSPS) is 16.4. The van der Waals surface area contributed by atoms with E-state index in [1.165, 1.54) is 14.7 Å². The van der Waals surface area contributed by atoms with E-state index in [2.05, 4.69) is 49.6 Å². The van der Waals surface area contributed by atoms with Crippen molar-refractivity contribution in [1.82, 2.24) is 18.7 Å². The SMILES string of the molecule is C=C(C)Cn1c(=O)c2c(nc3n2C[C@H](C)CN3c2ccc(C)cc2)n(C)c1=O. The maximum atomic E-state index is 13.2. The summed E-state index contributed by atoms with van der Waals surface area (Å²) < 4.78 is 4.66. The van der Waals surface area contributed by atoms with E-state index in [0.717, 1.165) is 17.8 Å². The summed E-state index contributed by atoms with van der Waals surface area (Å²) in [7, 11) is 1.66. The molecule has 0 spiro atoms. The van der Waals surface area contributed by atoms with Gasteiger partial charge < -0.3 is 9.47 Å². The lowest BCUT2D eigenvalue weighted by molar-refractivity contribution is 0.458. The van der Waals surface area contributed by atoms with Crippen LogP contribution in [0.1, 0.15) is 19.4 Å². The Morgan fingerprint density at radius 1 is 1.21 bits per heavy atom. The molecule has 0 bridgehead atoms. The molecule has 1 aliphatic rings. The summed E-state index contributed by atoms with van der Waals surface area (Å²) in [6, 6.07) is 8.26. The van der Waals surface area contributed by atoms with E-state index in [-0.39, 0.29) is 17.8 Å². The van der Waals surface area contributed by atoms with E-state index in [1.54, 1.807) is 7.05 Å². The molecule has 0 radical (unpaired) electrons. The summed E-state index contributed by atoms with van der Waals surface area (Å²) in [6.07, 6.45) is 0. The summed E-state index contributed by atoms with van der Waals surface area (Å²) >= 11 is 0. The van der Waals surface area contributed by atoms with Gasteiger partial charge in [0.25, 0.3) is 5.56 Å². The van der Waals surface area contributed by atoms with Crippen LogP contribution < -0.4 is 16.1 Å². The lowest BCUT2D eigenvalue weighted by atomic mass is 10.1. The molecule has 0 N–H and O–H groups in total. The zero-order valence-corrected chi connectivity index (χ0v) is 16.8. The number of anilines is 2. The third-order valence-corrected chi connectivity index (χ3v) is 5.22. The van der Waals surface area contributed by atoms with Crippen molar-refractivity contribution >= 4 is 22.8 Å². The minimum Gasteiger partial charge on any atom is -0.312 e. The fourth-order valence-electron chi connectivity index (χ4n) is 3.86. The molecule has 0 fully saturated rings. The molecule has 0 saturated heterocycles. The van der Waals surface area contributed by atoms with Gasteiger partial charge in [0.2, 0.25) is 5.95 Å². The van der Waals surface area contributed by atoms with Crippen molar-refractivity contribution in [2.45, 2.75) is 33.9 Å². The van der Waals surface area contributed by atoms with E-state index in [0.29, 0.717) is 29.6 Å². The van der Waals surface area contributed by atoms with E-state index >= 15 is 0 Å². The van der Waals surface area contributed by atoms with Crippen LogP contribution in [0.3, 0.4) is 0 Å². The Bertz CT molecular complexity index is 1200. The molecular formula is C21H25N5O2. The Morgan fingerprint density at radius 2 is 1.89 bits per heavy atom. The van der Waals surface area contributed by atoms with Gasteiger partial charge in [-0.25, -0.2) is 4.79 Å². The Balaban J connectivity index is 2.00. The predicted octanol–water partition coefficient (Wildman–Crippen LogP) is 2.57. The standard InChI is InChI=1S/C21H25N5O2/c1-13(2)10-26-19(27)17-18(23(5)21(26)28)22-20-24(11-15(4)12-25(17)20)16-8-6-14(3)7-9-16/h6-9,15H,1,10-12H2,2-5H3/t15-/m1/s1. The number of aromatic nitrogens is 4. The predicted molar refractivity (Wildman–Crippen MR) is 111 cm³/mol. The van der Waals surface area contributed by atoms with Crippen molar-refractivity contribution < 1.29 is 0 Å². The molecule has 3 aromatic rings.